The maximum absolute atomic E-state index is 11.9. The Balaban J connectivity index is 1.66. The molecule has 29 heavy (non-hydrogen) atoms. The van der Waals surface area contributed by atoms with Crippen molar-refractivity contribution in [1.82, 2.24) is 25.2 Å². The Morgan fingerprint density at radius 2 is 2.10 bits per heavy atom. The summed E-state index contributed by atoms with van der Waals surface area (Å²) < 4.78 is 1.68. The number of amides is 3. The topological polar surface area (TPSA) is 124 Å². The molecule has 2 aromatic heterocycles. The highest BCUT2D eigenvalue weighted by molar-refractivity contribution is 6.14. The molecule has 1 aliphatic heterocycles. The molecule has 3 heterocycles. The van der Waals surface area contributed by atoms with E-state index in [-0.39, 0.29) is 5.70 Å². The van der Waals surface area contributed by atoms with E-state index in [9.17, 15) is 14.9 Å². The third-order valence-corrected chi connectivity index (χ3v) is 4.74. The van der Waals surface area contributed by atoms with Gasteiger partial charge in [0, 0.05) is 23.2 Å². The number of carbonyl (C=O) groups excluding carboxylic acids is 2. The standard InChI is InChI=1S/C20H15N7O2/c21-9-11-2-1-3-12(6-11)15-8-17(23-14-4-5-14)27-18(24-15)13(10-22-27)7-16-19(28)26-20(29)25-16/h1-3,6-8,10,14,23H,4-5H2,(H2,25,26,28,29)/b16-7-. The zero-order chi connectivity index (χ0) is 20.0. The van der Waals surface area contributed by atoms with E-state index in [1.54, 1.807) is 28.9 Å². The highest BCUT2D eigenvalue weighted by Crippen LogP contribution is 2.29. The summed E-state index contributed by atoms with van der Waals surface area (Å²) in [5.74, 6) is 0.281. The minimum absolute atomic E-state index is 0.139. The van der Waals surface area contributed by atoms with Crippen LogP contribution in [0.1, 0.15) is 24.0 Å². The maximum Gasteiger partial charge on any atom is 0.326 e. The molecule has 1 aromatic carbocycles. The van der Waals surface area contributed by atoms with Gasteiger partial charge < -0.3 is 10.6 Å². The zero-order valence-corrected chi connectivity index (χ0v) is 15.1. The molecule has 3 amide bonds. The number of anilines is 1. The van der Waals surface area contributed by atoms with E-state index in [1.807, 2.05) is 18.2 Å². The van der Waals surface area contributed by atoms with Gasteiger partial charge in [0.05, 0.1) is 23.5 Å². The Labute approximate surface area is 165 Å². The average molecular weight is 385 g/mol. The Kier molecular flexibility index (Phi) is 3.77. The highest BCUT2D eigenvalue weighted by Gasteiger charge is 2.25. The Hall–Kier alpha value is -4.19. The van der Waals surface area contributed by atoms with Crippen molar-refractivity contribution in [3.05, 3.63) is 53.4 Å². The first kappa shape index (κ1) is 16.9. The van der Waals surface area contributed by atoms with Gasteiger partial charge >= 0.3 is 6.03 Å². The van der Waals surface area contributed by atoms with Crippen LogP contribution < -0.4 is 16.0 Å². The second-order valence-corrected chi connectivity index (χ2v) is 6.94. The van der Waals surface area contributed by atoms with Crippen molar-refractivity contribution in [3.8, 4) is 17.3 Å². The van der Waals surface area contributed by atoms with Gasteiger partial charge in [-0.3, -0.25) is 10.1 Å². The van der Waals surface area contributed by atoms with Crippen molar-refractivity contribution in [1.29, 1.82) is 5.26 Å². The summed E-state index contributed by atoms with van der Waals surface area (Å²) in [5.41, 5.74) is 3.29. The van der Waals surface area contributed by atoms with Crippen LogP contribution in [0.5, 0.6) is 0 Å². The van der Waals surface area contributed by atoms with Crippen molar-refractivity contribution >= 4 is 29.5 Å². The van der Waals surface area contributed by atoms with Gasteiger partial charge in [-0.2, -0.15) is 14.9 Å². The van der Waals surface area contributed by atoms with E-state index in [2.05, 4.69) is 27.1 Å². The molecule has 0 atom stereocenters. The van der Waals surface area contributed by atoms with Gasteiger partial charge in [-0.1, -0.05) is 12.1 Å². The minimum atomic E-state index is -0.559. The number of carbonyl (C=O) groups is 2. The van der Waals surface area contributed by atoms with Crippen LogP contribution in [0.4, 0.5) is 10.6 Å². The van der Waals surface area contributed by atoms with Crippen LogP contribution in [0.15, 0.2) is 42.2 Å². The lowest BCUT2D eigenvalue weighted by Crippen LogP contribution is -2.22. The van der Waals surface area contributed by atoms with Gasteiger partial charge in [-0.25, -0.2) is 9.78 Å². The smallest absolute Gasteiger partial charge is 0.326 e. The zero-order valence-electron chi connectivity index (χ0n) is 15.1. The molecule has 9 nitrogen and oxygen atoms in total. The molecule has 0 bridgehead atoms. The first-order valence-corrected chi connectivity index (χ1v) is 9.10. The highest BCUT2D eigenvalue weighted by atomic mass is 16.2. The lowest BCUT2D eigenvalue weighted by molar-refractivity contribution is -0.115. The average Bonchev–Trinajstić information content (AvgIpc) is 3.36. The molecule has 0 spiro atoms. The van der Waals surface area contributed by atoms with Crippen LogP contribution in [-0.4, -0.2) is 32.6 Å². The SMILES string of the molecule is N#Cc1cccc(-c2cc(NC3CC3)n3ncc(/C=C4\NC(=O)NC4=O)c3n2)c1. The van der Waals surface area contributed by atoms with Gasteiger partial charge in [0.2, 0.25) is 0 Å². The monoisotopic (exact) mass is 385 g/mol. The molecule has 1 saturated carbocycles. The normalized spacial score (nSPS) is 17.3. The summed E-state index contributed by atoms with van der Waals surface area (Å²) in [6.07, 6.45) is 5.33. The van der Waals surface area contributed by atoms with Crippen molar-refractivity contribution in [2.75, 3.05) is 5.32 Å². The number of rotatable bonds is 4. The summed E-state index contributed by atoms with van der Waals surface area (Å²) in [6, 6.07) is 11.1. The largest absolute Gasteiger partial charge is 0.367 e. The fourth-order valence-electron chi connectivity index (χ4n) is 3.16. The number of urea groups is 1. The van der Waals surface area contributed by atoms with Gasteiger partial charge in [0.1, 0.15) is 11.5 Å². The van der Waals surface area contributed by atoms with Crippen LogP contribution in [0.25, 0.3) is 23.0 Å². The number of imide groups is 1. The van der Waals surface area contributed by atoms with E-state index < -0.39 is 11.9 Å². The Morgan fingerprint density at radius 3 is 2.83 bits per heavy atom. The number of fused-ring (bicyclic) bond motifs is 1. The second kappa shape index (κ2) is 6.45. The fraction of sp³-hybridized carbons (Fsp3) is 0.150. The number of benzene rings is 1. The summed E-state index contributed by atoms with van der Waals surface area (Å²) in [7, 11) is 0. The third kappa shape index (κ3) is 3.17. The van der Waals surface area contributed by atoms with E-state index >= 15 is 0 Å². The summed E-state index contributed by atoms with van der Waals surface area (Å²) >= 11 is 0. The molecule has 3 aromatic rings. The molecule has 1 aliphatic carbocycles. The number of aromatic nitrogens is 3. The van der Waals surface area contributed by atoms with Crippen molar-refractivity contribution in [2.24, 2.45) is 0 Å². The molecule has 5 rings (SSSR count). The first-order chi connectivity index (χ1) is 14.1. The lowest BCUT2D eigenvalue weighted by atomic mass is 10.1. The number of hydrogen-bond donors (Lipinski definition) is 3. The molecule has 2 aliphatic rings. The molecule has 9 heteroatoms. The number of nitrogens with one attached hydrogen (secondary N) is 3. The van der Waals surface area contributed by atoms with Gasteiger partial charge in [0.15, 0.2) is 5.65 Å². The van der Waals surface area contributed by atoms with E-state index in [0.717, 1.165) is 24.2 Å². The van der Waals surface area contributed by atoms with E-state index in [4.69, 9.17) is 4.98 Å². The lowest BCUT2D eigenvalue weighted by Gasteiger charge is -2.10. The molecule has 0 radical (unpaired) electrons. The predicted molar refractivity (Wildman–Crippen MR) is 104 cm³/mol. The molecule has 142 valence electrons. The van der Waals surface area contributed by atoms with Crippen molar-refractivity contribution in [2.45, 2.75) is 18.9 Å². The molecule has 3 N–H and O–H groups in total. The molecule has 0 unspecified atom stereocenters. The summed E-state index contributed by atoms with van der Waals surface area (Å²) in [4.78, 5) is 28.0. The second-order valence-electron chi connectivity index (χ2n) is 6.94. The van der Waals surface area contributed by atoms with Crippen molar-refractivity contribution in [3.63, 3.8) is 0 Å². The number of nitrogens with zero attached hydrogens (tertiary/aromatic N) is 4. The molecule has 2 fully saturated rings. The van der Waals surface area contributed by atoms with Crippen molar-refractivity contribution < 1.29 is 9.59 Å². The van der Waals surface area contributed by atoms with Crippen LogP contribution in [0, 0.1) is 11.3 Å². The van der Waals surface area contributed by atoms with Gasteiger partial charge in [-0.05, 0) is 31.1 Å². The van der Waals surface area contributed by atoms with Crippen LogP contribution >= 0.6 is 0 Å². The Bertz CT molecular complexity index is 1250. The van der Waals surface area contributed by atoms with E-state index in [0.29, 0.717) is 28.5 Å². The summed E-state index contributed by atoms with van der Waals surface area (Å²) in [6.45, 7) is 0. The van der Waals surface area contributed by atoms with Gasteiger partial charge in [0.25, 0.3) is 5.91 Å². The number of nitriles is 1. The molecular weight excluding hydrogens is 370 g/mol. The van der Waals surface area contributed by atoms with E-state index in [1.165, 1.54) is 0 Å². The fourth-order valence-corrected chi connectivity index (χ4v) is 3.16. The predicted octanol–water partition coefficient (Wildman–Crippen LogP) is 2.02. The number of hydrogen-bond acceptors (Lipinski definition) is 6. The molecule has 1 saturated heterocycles. The first-order valence-electron chi connectivity index (χ1n) is 9.10. The van der Waals surface area contributed by atoms with Crippen LogP contribution in [0.3, 0.4) is 0 Å². The summed E-state index contributed by atoms with van der Waals surface area (Å²) in [5, 5.41) is 21.7. The molecular formula is C20H15N7O2. The van der Waals surface area contributed by atoms with Crippen LogP contribution in [0.2, 0.25) is 0 Å². The van der Waals surface area contributed by atoms with Crippen LogP contribution in [-0.2, 0) is 4.79 Å². The minimum Gasteiger partial charge on any atom is -0.367 e. The Morgan fingerprint density at radius 1 is 1.24 bits per heavy atom. The quantitative estimate of drug-likeness (QED) is 0.466. The van der Waals surface area contributed by atoms with Gasteiger partial charge in [-0.15, -0.1) is 0 Å². The third-order valence-electron chi connectivity index (χ3n) is 4.74. The maximum atomic E-state index is 11.9.